The molecule has 2 aromatic rings. The number of benzene rings is 1. The van der Waals surface area contributed by atoms with Gasteiger partial charge in [-0.3, -0.25) is 9.78 Å². The fourth-order valence-electron chi connectivity index (χ4n) is 4.03. The summed E-state index contributed by atoms with van der Waals surface area (Å²) in [5, 5.41) is 7.89. The maximum atomic E-state index is 12.5. The van der Waals surface area contributed by atoms with Gasteiger partial charge in [0.05, 0.1) is 21.3 Å². The Hall–Kier alpha value is -1.67. The van der Waals surface area contributed by atoms with Crippen LogP contribution in [0.2, 0.25) is 10.0 Å². The normalized spacial score (nSPS) is 16.5. The highest BCUT2D eigenvalue weighted by Gasteiger charge is 2.27. The molecule has 0 radical (unpaired) electrons. The van der Waals surface area contributed by atoms with Crippen LogP contribution >= 0.6 is 39.1 Å². The molecule has 1 saturated heterocycles. The molecule has 0 bridgehead atoms. The van der Waals surface area contributed by atoms with Crippen LogP contribution in [0.1, 0.15) is 49.0 Å². The Morgan fingerprint density at radius 3 is 2.48 bits per heavy atom. The van der Waals surface area contributed by atoms with Crippen LogP contribution in [-0.2, 0) is 4.84 Å². The molecule has 1 atom stereocenters. The van der Waals surface area contributed by atoms with Crippen molar-refractivity contribution in [3.8, 4) is 0 Å². The minimum Gasteiger partial charge on any atom is -0.396 e. The number of piperidine rings is 1. The van der Waals surface area contributed by atoms with Crippen LogP contribution in [0.4, 0.5) is 0 Å². The Morgan fingerprint density at radius 2 is 1.88 bits per heavy atom. The van der Waals surface area contributed by atoms with Gasteiger partial charge in [0.15, 0.2) is 0 Å². The predicted octanol–water partition coefficient (Wildman–Crippen LogP) is 5.81. The van der Waals surface area contributed by atoms with Crippen LogP contribution in [0.5, 0.6) is 0 Å². The van der Waals surface area contributed by atoms with E-state index in [0.717, 1.165) is 48.1 Å². The van der Waals surface area contributed by atoms with Gasteiger partial charge in [-0.25, -0.2) is 0 Å². The molecular weight excluding hydrogens is 527 g/mol. The van der Waals surface area contributed by atoms with E-state index in [0.29, 0.717) is 25.1 Å². The maximum absolute atomic E-state index is 12.5. The van der Waals surface area contributed by atoms with Crippen molar-refractivity contribution >= 4 is 50.8 Å². The molecule has 0 saturated carbocycles. The third-order valence-electron chi connectivity index (χ3n) is 5.90. The summed E-state index contributed by atoms with van der Waals surface area (Å²) in [5.74, 6) is 0.0847. The molecule has 1 aliphatic heterocycles. The van der Waals surface area contributed by atoms with Crippen LogP contribution in [0.15, 0.2) is 46.3 Å². The smallest absolute Gasteiger partial charge is 0.254 e. The monoisotopic (exact) mass is 554 g/mol. The zero-order valence-corrected chi connectivity index (χ0v) is 22.0. The molecule has 3 rings (SSSR count). The molecule has 1 N–H and O–H groups in total. The molecule has 33 heavy (non-hydrogen) atoms. The standard InChI is InChI=1S/C24H29BrCl2N4O2/c1-3-33-30-23(17-4-6-19(25)7-5-17)18-9-12-31(13-10-18)16(2)8-11-29-24(32)22-20(26)14-28-15-21(22)27/h4-7,14-16,18H,3,8-13H2,1-2H3,(H,29,32)/b30-23+. The number of carbonyl (C=O) groups excluding carboxylic acids is 1. The summed E-state index contributed by atoms with van der Waals surface area (Å²) < 4.78 is 1.05. The molecular formula is C24H29BrCl2N4O2. The predicted molar refractivity (Wildman–Crippen MR) is 137 cm³/mol. The zero-order valence-electron chi connectivity index (χ0n) is 18.9. The zero-order chi connectivity index (χ0) is 23.8. The van der Waals surface area contributed by atoms with Crippen molar-refractivity contribution in [3.05, 3.63) is 62.3 Å². The topological polar surface area (TPSA) is 66.8 Å². The minimum atomic E-state index is -0.274. The summed E-state index contributed by atoms with van der Waals surface area (Å²) in [6.45, 7) is 7.19. The summed E-state index contributed by atoms with van der Waals surface area (Å²) in [5.41, 5.74) is 2.40. The molecule has 9 heteroatoms. The van der Waals surface area contributed by atoms with Gasteiger partial charge in [0.1, 0.15) is 6.61 Å². The molecule has 6 nitrogen and oxygen atoms in total. The lowest BCUT2D eigenvalue weighted by molar-refractivity contribution is 0.0945. The van der Waals surface area contributed by atoms with Gasteiger partial charge in [0, 0.05) is 35.4 Å². The van der Waals surface area contributed by atoms with Gasteiger partial charge in [0.2, 0.25) is 0 Å². The number of carbonyl (C=O) groups is 1. The maximum Gasteiger partial charge on any atom is 0.254 e. The number of hydrogen-bond acceptors (Lipinski definition) is 5. The van der Waals surface area contributed by atoms with Crippen molar-refractivity contribution in [2.45, 2.75) is 39.2 Å². The molecule has 0 aliphatic carbocycles. The van der Waals surface area contributed by atoms with Crippen molar-refractivity contribution in [3.63, 3.8) is 0 Å². The second kappa shape index (κ2) is 12.7. The van der Waals surface area contributed by atoms with Crippen LogP contribution in [0.25, 0.3) is 0 Å². The second-order valence-corrected chi connectivity index (χ2v) is 9.81. The number of hydrogen-bond donors (Lipinski definition) is 1. The second-order valence-electron chi connectivity index (χ2n) is 8.08. The number of oxime groups is 1. The van der Waals surface area contributed by atoms with Crippen molar-refractivity contribution in [1.29, 1.82) is 0 Å². The van der Waals surface area contributed by atoms with Crippen LogP contribution < -0.4 is 5.32 Å². The number of nitrogens with zero attached hydrogens (tertiary/aromatic N) is 3. The van der Waals surface area contributed by atoms with Gasteiger partial charge in [-0.05, 0) is 63.9 Å². The lowest BCUT2D eigenvalue weighted by Crippen LogP contribution is -2.43. The van der Waals surface area contributed by atoms with Crippen LogP contribution in [0.3, 0.4) is 0 Å². The quantitative estimate of drug-likeness (QED) is 0.313. The number of nitrogens with one attached hydrogen (secondary N) is 1. The third kappa shape index (κ3) is 7.15. The SMILES string of the molecule is CCO/N=C(\c1ccc(Br)cc1)C1CCN(C(C)CCNC(=O)c2c(Cl)cncc2Cl)CC1. The molecule has 1 fully saturated rings. The van der Waals surface area contributed by atoms with E-state index in [2.05, 4.69) is 55.3 Å². The van der Waals surface area contributed by atoms with E-state index in [-0.39, 0.29) is 21.5 Å². The third-order valence-corrected chi connectivity index (χ3v) is 7.00. The van der Waals surface area contributed by atoms with Crippen LogP contribution in [-0.4, -0.2) is 53.8 Å². The number of rotatable bonds is 9. The average molecular weight is 556 g/mol. The Morgan fingerprint density at radius 1 is 1.24 bits per heavy atom. The minimum absolute atomic E-state index is 0.255. The molecule has 1 aliphatic rings. The van der Waals surface area contributed by atoms with Gasteiger partial charge < -0.3 is 15.1 Å². The van der Waals surface area contributed by atoms with E-state index >= 15 is 0 Å². The Kier molecular flexibility index (Phi) is 9.98. The van der Waals surface area contributed by atoms with Gasteiger partial charge in [-0.15, -0.1) is 0 Å². The molecule has 1 amide bonds. The molecule has 2 heterocycles. The Labute approximate surface area is 213 Å². The highest BCUT2D eigenvalue weighted by molar-refractivity contribution is 9.10. The van der Waals surface area contributed by atoms with Crippen molar-refractivity contribution in [2.24, 2.45) is 11.1 Å². The van der Waals surface area contributed by atoms with E-state index in [1.165, 1.54) is 12.4 Å². The highest BCUT2D eigenvalue weighted by atomic mass is 79.9. The molecule has 1 aromatic heterocycles. The molecule has 178 valence electrons. The van der Waals surface area contributed by atoms with E-state index in [9.17, 15) is 4.79 Å². The fourth-order valence-corrected chi connectivity index (χ4v) is 4.83. The largest absolute Gasteiger partial charge is 0.396 e. The number of halogens is 3. The van der Waals surface area contributed by atoms with Gasteiger partial charge in [0.25, 0.3) is 5.91 Å². The molecule has 1 aromatic carbocycles. The summed E-state index contributed by atoms with van der Waals surface area (Å²) in [7, 11) is 0. The van der Waals surface area contributed by atoms with Crippen molar-refractivity contribution < 1.29 is 9.63 Å². The number of amides is 1. The first kappa shape index (κ1) is 25.9. The van der Waals surface area contributed by atoms with Gasteiger partial charge in [-0.2, -0.15) is 0 Å². The lowest BCUT2D eigenvalue weighted by atomic mass is 9.87. The molecule has 0 spiro atoms. The first-order valence-corrected chi connectivity index (χ1v) is 12.7. The van der Waals surface area contributed by atoms with Crippen LogP contribution in [0, 0.1) is 5.92 Å². The summed E-state index contributed by atoms with van der Waals surface area (Å²) in [6, 6.07) is 8.58. The Bertz CT molecular complexity index is 943. The Balaban J connectivity index is 1.51. The number of aromatic nitrogens is 1. The van der Waals surface area contributed by atoms with E-state index in [1.807, 2.05) is 19.1 Å². The first-order valence-electron chi connectivity index (χ1n) is 11.2. The number of pyridine rings is 1. The number of likely N-dealkylation sites (tertiary alicyclic amines) is 1. The lowest BCUT2D eigenvalue weighted by Gasteiger charge is -2.36. The summed E-state index contributed by atoms with van der Waals surface area (Å²) >= 11 is 15.6. The van der Waals surface area contributed by atoms with E-state index < -0.39 is 0 Å². The highest BCUT2D eigenvalue weighted by Crippen LogP contribution is 2.26. The fraction of sp³-hybridized carbons (Fsp3) is 0.458. The first-order chi connectivity index (χ1) is 15.9. The molecule has 1 unspecified atom stereocenters. The summed E-state index contributed by atoms with van der Waals surface area (Å²) in [6.07, 6.45) is 5.71. The van der Waals surface area contributed by atoms with Gasteiger partial charge in [-0.1, -0.05) is 56.4 Å². The van der Waals surface area contributed by atoms with Gasteiger partial charge >= 0.3 is 0 Å². The summed E-state index contributed by atoms with van der Waals surface area (Å²) in [4.78, 5) is 24.2. The van der Waals surface area contributed by atoms with E-state index in [1.54, 1.807) is 0 Å². The van der Waals surface area contributed by atoms with Crippen molar-refractivity contribution in [2.75, 3.05) is 26.2 Å². The van der Waals surface area contributed by atoms with E-state index in [4.69, 9.17) is 28.0 Å². The van der Waals surface area contributed by atoms with Crippen molar-refractivity contribution in [1.82, 2.24) is 15.2 Å². The average Bonchev–Trinajstić information content (AvgIpc) is 2.80.